The molecule has 1 saturated heterocycles. The summed E-state index contributed by atoms with van der Waals surface area (Å²) in [6.07, 6.45) is 3.79. The molecule has 23 heavy (non-hydrogen) atoms. The molecule has 1 aromatic carbocycles. The number of benzene rings is 1. The number of hydrogen-bond acceptors (Lipinski definition) is 6. The minimum Gasteiger partial charge on any atom is -0.291 e. The molecular formula is C15H22N2O5S. The third-order valence-electron chi connectivity index (χ3n) is 4.29. The molecule has 1 aromatic rings. The third-order valence-corrected chi connectivity index (χ3v) is 4.84. The molecule has 0 N–H and O–H groups in total. The number of nitro groups is 1. The first-order valence-electron chi connectivity index (χ1n) is 7.53. The van der Waals surface area contributed by atoms with E-state index in [1.807, 2.05) is 6.92 Å². The van der Waals surface area contributed by atoms with Gasteiger partial charge in [-0.25, -0.2) is 0 Å². The van der Waals surface area contributed by atoms with E-state index in [-0.39, 0.29) is 17.2 Å². The smallest absolute Gasteiger partial charge is 0.273 e. The second-order valence-electron chi connectivity index (χ2n) is 6.23. The van der Waals surface area contributed by atoms with Crippen LogP contribution in [0.4, 0.5) is 5.69 Å². The Labute approximate surface area is 136 Å². The minimum atomic E-state index is -3.51. The number of para-hydroxylation sites is 1. The first-order chi connectivity index (χ1) is 10.7. The molecule has 0 amide bonds. The molecular weight excluding hydrogens is 320 g/mol. The van der Waals surface area contributed by atoms with E-state index < -0.39 is 15.7 Å². The molecule has 0 bridgehead atoms. The van der Waals surface area contributed by atoms with Crippen molar-refractivity contribution >= 4 is 15.8 Å². The average Bonchev–Trinajstić information content (AvgIpc) is 2.47. The molecule has 1 aliphatic rings. The van der Waals surface area contributed by atoms with Gasteiger partial charge in [0.1, 0.15) is 0 Å². The van der Waals surface area contributed by atoms with Crippen molar-refractivity contribution in [1.82, 2.24) is 4.90 Å². The van der Waals surface area contributed by atoms with Crippen LogP contribution in [-0.2, 0) is 20.8 Å². The highest BCUT2D eigenvalue weighted by Crippen LogP contribution is 2.32. The van der Waals surface area contributed by atoms with Crippen molar-refractivity contribution in [3.63, 3.8) is 0 Å². The molecule has 1 atom stereocenters. The van der Waals surface area contributed by atoms with Gasteiger partial charge < -0.3 is 0 Å². The molecule has 0 unspecified atom stereocenters. The maximum Gasteiger partial charge on any atom is 0.273 e. The molecule has 1 heterocycles. The van der Waals surface area contributed by atoms with E-state index in [0.717, 1.165) is 32.1 Å². The van der Waals surface area contributed by atoms with E-state index in [0.29, 0.717) is 12.1 Å². The number of rotatable bonds is 6. The van der Waals surface area contributed by atoms with Crippen LogP contribution in [0.25, 0.3) is 0 Å². The van der Waals surface area contributed by atoms with Crippen LogP contribution in [0.2, 0.25) is 0 Å². The highest BCUT2D eigenvalue weighted by molar-refractivity contribution is 7.85. The predicted octanol–water partition coefficient (Wildman–Crippen LogP) is 2.32. The van der Waals surface area contributed by atoms with Crippen molar-refractivity contribution in [2.24, 2.45) is 0 Å². The Morgan fingerprint density at radius 2 is 2.04 bits per heavy atom. The van der Waals surface area contributed by atoms with Crippen LogP contribution < -0.4 is 0 Å². The first-order valence-corrected chi connectivity index (χ1v) is 9.35. The Hall–Kier alpha value is -1.51. The van der Waals surface area contributed by atoms with E-state index in [4.69, 9.17) is 4.18 Å². The number of likely N-dealkylation sites (tertiary alicyclic amines) is 1. The zero-order valence-electron chi connectivity index (χ0n) is 13.4. The highest BCUT2D eigenvalue weighted by Gasteiger charge is 2.36. The summed E-state index contributed by atoms with van der Waals surface area (Å²) in [7, 11) is -3.51. The normalized spacial score (nSPS) is 22.9. The van der Waals surface area contributed by atoms with Crippen molar-refractivity contribution in [2.45, 2.75) is 38.3 Å². The van der Waals surface area contributed by atoms with E-state index in [1.165, 1.54) is 6.07 Å². The quantitative estimate of drug-likeness (QED) is 0.448. The second-order valence-corrected chi connectivity index (χ2v) is 7.87. The van der Waals surface area contributed by atoms with E-state index in [2.05, 4.69) is 4.90 Å². The van der Waals surface area contributed by atoms with Gasteiger partial charge in [-0.3, -0.25) is 19.2 Å². The molecule has 2 rings (SSSR count). The van der Waals surface area contributed by atoms with Crippen LogP contribution in [0.5, 0.6) is 0 Å². The average molecular weight is 342 g/mol. The van der Waals surface area contributed by atoms with Gasteiger partial charge in [-0.15, -0.1) is 0 Å². The topological polar surface area (TPSA) is 89.8 Å². The van der Waals surface area contributed by atoms with Gasteiger partial charge in [0.2, 0.25) is 0 Å². The predicted molar refractivity (Wildman–Crippen MR) is 86.6 cm³/mol. The van der Waals surface area contributed by atoms with E-state index in [1.54, 1.807) is 18.2 Å². The summed E-state index contributed by atoms with van der Waals surface area (Å²) < 4.78 is 27.6. The maximum atomic E-state index is 11.3. The number of nitro benzene ring substituents is 1. The summed E-state index contributed by atoms with van der Waals surface area (Å²) in [6, 6.07) is 6.65. The maximum absolute atomic E-state index is 11.3. The van der Waals surface area contributed by atoms with Crippen molar-refractivity contribution < 1.29 is 17.5 Å². The molecule has 0 aliphatic carbocycles. The highest BCUT2D eigenvalue weighted by atomic mass is 32.2. The van der Waals surface area contributed by atoms with Gasteiger partial charge >= 0.3 is 0 Å². The Morgan fingerprint density at radius 3 is 2.70 bits per heavy atom. The summed E-state index contributed by atoms with van der Waals surface area (Å²) in [4.78, 5) is 12.9. The second kappa shape index (κ2) is 6.94. The lowest BCUT2D eigenvalue weighted by Gasteiger charge is -2.44. The molecule has 8 heteroatoms. The van der Waals surface area contributed by atoms with E-state index in [9.17, 15) is 18.5 Å². The molecule has 0 saturated carbocycles. The SMILES string of the molecule is C[C@]1(COS(C)(=O)=O)CCCCN1Cc1ccccc1[N+](=O)[O-]. The van der Waals surface area contributed by atoms with Gasteiger partial charge in [0.15, 0.2) is 0 Å². The van der Waals surface area contributed by atoms with Gasteiger partial charge in [0, 0.05) is 23.7 Å². The van der Waals surface area contributed by atoms with Crippen LogP contribution >= 0.6 is 0 Å². The lowest BCUT2D eigenvalue weighted by Crippen LogP contribution is -2.52. The lowest BCUT2D eigenvalue weighted by atomic mass is 9.88. The van der Waals surface area contributed by atoms with Crippen LogP contribution in [0, 0.1) is 10.1 Å². The fraction of sp³-hybridized carbons (Fsp3) is 0.600. The number of nitrogens with zero attached hydrogens (tertiary/aromatic N) is 2. The Bertz CT molecular complexity index is 676. The lowest BCUT2D eigenvalue weighted by molar-refractivity contribution is -0.385. The van der Waals surface area contributed by atoms with Crippen molar-refractivity contribution in [3.8, 4) is 0 Å². The molecule has 1 aliphatic heterocycles. The summed E-state index contributed by atoms with van der Waals surface area (Å²) in [5.41, 5.74) is 0.264. The fourth-order valence-corrected chi connectivity index (χ4v) is 3.40. The van der Waals surface area contributed by atoms with Crippen LogP contribution in [0.15, 0.2) is 24.3 Å². The molecule has 0 spiro atoms. The largest absolute Gasteiger partial charge is 0.291 e. The molecule has 0 radical (unpaired) electrons. The van der Waals surface area contributed by atoms with Crippen molar-refractivity contribution in [2.75, 3.05) is 19.4 Å². The van der Waals surface area contributed by atoms with Crippen molar-refractivity contribution in [1.29, 1.82) is 0 Å². The van der Waals surface area contributed by atoms with Gasteiger partial charge in [-0.05, 0) is 26.3 Å². The van der Waals surface area contributed by atoms with Crippen LogP contribution in [0.1, 0.15) is 31.7 Å². The number of piperidine rings is 1. The summed E-state index contributed by atoms with van der Waals surface area (Å²) in [5.74, 6) is 0. The van der Waals surface area contributed by atoms with Gasteiger partial charge in [0.25, 0.3) is 15.8 Å². The third kappa shape index (κ3) is 4.73. The zero-order valence-corrected chi connectivity index (χ0v) is 14.2. The standard InChI is InChI=1S/C15H22N2O5S/c1-15(12-22-23(2,20)21)9-5-6-10-16(15)11-13-7-3-4-8-14(13)17(18)19/h3-4,7-8H,5-6,9-12H2,1-2H3/t15-/m1/s1. The van der Waals surface area contributed by atoms with Crippen LogP contribution in [0.3, 0.4) is 0 Å². The monoisotopic (exact) mass is 342 g/mol. The Kier molecular flexibility index (Phi) is 5.38. The summed E-state index contributed by atoms with van der Waals surface area (Å²) in [5, 5.41) is 11.2. The van der Waals surface area contributed by atoms with Gasteiger partial charge in [0.05, 0.1) is 17.8 Å². The molecule has 128 valence electrons. The van der Waals surface area contributed by atoms with Gasteiger partial charge in [-0.2, -0.15) is 8.42 Å². The first kappa shape index (κ1) is 17.8. The van der Waals surface area contributed by atoms with E-state index >= 15 is 0 Å². The zero-order chi connectivity index (χ0) is 17.1. The Morgan fingerprint density at radius 1 is 1.35 bits per heavy atom. The summed E-state index contributed by atoms with van der Waals surface area (Å²) in [6.45, 7) is 3.18. The minimum absolute atomic E-state index is 0.0620. The Balaban J connectivity index is 2.20. The molecule has 0 aromatic heterocycles. The molecule has 1 fully saturated rings. The fourth-order valence-electron chi connectivity index (χ4n) is 2.93. The molecule has 7 nitrogen and oxygen atoms in total. The van der Waals surface area contributed by atoms with Crippen LogP contribution in [-0.4, -0.2) is 43.2 Å². The summed E-state index contributed by atoms with van der Waals surface area (Å²) >= 11 is 0. The van der Waals surface area contributed by atoms with Gasteiger partial charge in [-0.1, -0.05) is 24.6 Å². The number of hydrogen-bond donors (Lipinski definition) is 0. The van der Waals surface area contributed by atoms with Crippen molar-refractivity contribution in [3.05, 3.63) is 39.9 Å².